The first-order valence-electron chi connectivity index (χ1n) is 8.21. The van der Waals surface area contributed by atoms with Gasteiger partial charge in [-0.15, -0.1) is 0 Å². The summed E-state index contributed by atoms with van der Waals surface area (Å²) in [7, 11) is 0. The van der Waals surface area contributed by atoms with Crippen molar-refractivity contribution < 1.29 is 9.53 Å². The van der Waals surface area contributed by atoms with Crippen LogP contribution in [-0.2, 0) is 11.2 Å². The van der Waals surface area contributed by atoms with Gasteiger partial charge < -0.3 is 10.5 Å². The summed E-state index contributed by atoms with van der Waals surface area (Å²) in [6, 6.07) is 21.3. The van der Waals surface area contributed by atoms with Crippen molar-refractivity contribution in [2.45, 2.75) is 19.8 Å². The van der Waals surface area contributed by atoms with Gasteiger partial charge in [-0.05, 0) is 42.0 Å². The van der Waals surface area contributed by atoms with Crippen LogP contribution >= 0.6 is 0 Å². The number of nitrogen functional groups attached to an aromatic ring is 1. The second kappa shape index (κ2) is 7.18. The molecule has 0 saturated carbocycles. The molecule has 24 heavy (non-hydrogen) atoms. The fraction of sp³-hybridized carbons (Fsp3) is 0.190. The number of rotatable bonds is 5. The molecule has 3 heteroatoms. The van der Waals surface area contributed by atoms with Gasteiger partial charge in [-0.2, -0.15) is 0 Å². The van der Waals surface area contributed by atoms with Gasteiger partial charge in [0.05, 0.1) is 5.92 Å². The van der Waals surface area contributed by atoms with Crippen LogP contribution in [0.15, 0.2) is 66.7 Å². The summed E-state index contributed by atoms with van der Waals surface area (Å²) in [5.41, 5.74) is 7.53. The van der Waals surface area contributed by atoms with Crippen molar-refractivity contribution in [2.75, 3.05) is 5.73 Å². The Kier molecular flexibility index (Phi) is 4.80. The summed E-state index contributed by atoms with van der Waals surface area (Å²) in [5.74, 6) is 0.257. The molecule has 0 aliphatic rings. The Balaban J connectivity index is 1.77. The Bertz CT molecular complexity index is 835. The number of esters is 1. The Labute approximate surface area is 142 Å². The van der Waals surface area contributed by atoms with E-state index in [-0.39, 0.29) is 11.9 Å². The zero-order valence-electron chi connectivity index (χ0n) is 13.7. The molecular weight excluding hydrogens is 298 g/mol. The van der Waals surface area contributed by atoms with Crippen molar-refractivity contribution >= 4 is 22.4 Å². The van der Waals surface area contributed by atoms with E-state index in [1.165, 1.54) is 0 Å². The molecule has 0 saturated heterocycles. The minimum absolute atomic E-state index is 0.174. The second-order valence-electron chi connectivity index (χ2n) is 5.95. The third-order valence-electron chi connectivity index (χ3n) is 4.25. The third kappa shape index (κ3) is 3.57. The van der Waals surface area contributed by atoms with Crippen molar-refractivity contribution in [3.05, 3.63) is 72.3 Å². The quantitative estimate of drug-likeness (QED) is 0.425. The third-order valence-corrected chi connectivity index (χ3v) is 4.25. The second-order valence-corrected chi connectivity index (χ2v) is 5.95. The highest BCUT2D eigenvalue weighted by atomic mass is 16.5. The van der Waals surface area contributed by atoms with Gasteiger partial charge in [0.15, 0.2) is 0 Å². The number of carbonyl (C=O) groups excluding carboxylic acids is 1. The van der Waals surface area contributed by atoms with Crippen molar-refractivity contribution in [3.63, 3.8) is 0 Å². The maximum absolute atomic E-state index is 12.6. The molecule has 1 unspecified atom stereocenters. The summed E-state index contributed by atoms with van der Waals surface area (Å²) in [4.78, 5) is 12.6. The van der Waals surface area contributed by atoms with E-state index in [0.29, 0.717) is 12.2 Å². The molecular formula is C21H21NO2. The van der Waals surface area contributed by atoms with E-state index in [0.717, 1.165) is 28.4 Å². The number of benzene rings is 3. The molecule has 3 nitrogen and oxygen atoms in total. The SMILES string of the molecule is CCC(Cc1ccc(N)cc1)C(=O)Oc1cccc2ccccc12. The molecule has 0 bridgehead atoms. The summed E-state index contributed by atoms with van der Waals surface area (Å²) >= 11 is 0. The molecule has 0 radical (unpaired) electrons. The van der Waals surface area contributed by atoms with Crippen LogP contribution in [0.2, 0.25) is 0 Å². The maximum Gasteiger partial charge on any atom is 0.314 e. The fourth-order valence-corrected chi connectivity index (χ4v) is 2.81. The lowest BCUT2D eigenvalue weighted by atomic mass is 9.97. The van der Waals surface area contributed by atoms with Gasteiger partial charge in [0.25, 0.3) is 0 Å². The van der Waals surface area contributed by atoms with Crippen molar-refractivity contribution in [3.8, 4) is 5.75 Å². The topological polar surface area (TPSA) is 52.3 Å². The van der Waals surface area contributed by atoms with Crippen LogP contribution < -0.4 is 10.5 Å². The van der Waals surface area contributed by atoms with E-state index in [9.17, 15) is 4.79 Å². The van der Waals surface area contributed by atoms with E-state index in [1.807, 2.05) is 73.7 Å². The van der Waals surface area contributed by atoms with Gasteiger partial charge in [-0.3, -0.25) is 4.79 Å². The van der Waals surface area contributed by atoms with E-state index >= 15 is 0 Å². The number of hydrogen-bond acceptors (Lipinski definition) is 3. The molecule has 2 N–H and O–H groups in total. The van der Waals surface area contributed by atoms with Crippen LogP contribution in [0.3, 0.4) is 0 Å². The van der Waals surface area contributed by atoms with Gasteiger partial charge in [0.1, 0.15) is 5.75 Å². The fourth-order valence-electron chi connectivity index (χ4n) is 2.81. The van der Waals surface area contributed by atoms with Gasteiger partial charge in [0.2, 0.25) is 0 Å². The van der Waals surface area contributed by atoms with Crippen LogP contribution in [0.4, 0.5) is 5.69 Å². The van der Waals surface area contributed by atoms with E-state index in [2.05, 4.69) is 0 Å². The minimum Gasteiger partial charge on any atom is -0.426 e. The predicted octanol–water partition coefficient (Wildman–Crippen LogP) is 4.60. The summed E-state index contributed by atoms with van der Waals surface area (Å²) in [6.07, 6.45) is 1.38. The lowest BCUT2D eigenvalue weighted by Gasteiger charge is -2.15. The number of ether oxygens (including phenoxy) is 1. The molecule has 1 atom stereocenters. The highest BCUT2D eigenvalue weighted by Crippen LogP contribution is 2.26. The van der Waals surface area contributed by atoms with Crippen molar-refractivity contribution in [2.24, 2.45) is 5.92 Å². The molecule has 122 valence electrons. The summed E-state index contributed by atoms with van der Waals surface area (Å²) in [5, 5.41) is 2.02. The smallest absolute Gasteiger partial charge is 0.314 e. The van der Waals surface area contributed by atoms with Crippen LogP contribution in [0.1, 0.15) is 18.9 Å². The van der Waals surface area contributed by atoms with E-state index in [1.54, 1.807) is 0 Å². The average molecular weight is 319 g/mol. The Morgan fingerprint density at radius 2 is 1.71 bits per heavy atom. The standard InChI is InChI=1S/C21H21NO2/c1-2-16(14-15-10-12-18(22)13-11-15)21(23)24-20-9-5-7-17-6-3-4-8-19(17)20/h3-13,16H,2,14,22H2,1H3. The van der Waals surface area contributed by atoms with Gasteiger partial charge in [0, 0.05) is 11.1 Å². The van der Waals surface area contributed by atoms with Crippen LogP contribution in [-0.4, -0.2) is 5.97 Å². The van der Waals surface area contributed by atoms with Crippen molar-refractivity contribution in [1.82, 2.24) is 0 Å². The molecule has 3 rings (SSSR count). The van der Waals surface area contributed by atoms with Crippen LogP contribution in [0, 0.1) is 5.92 Å². The first kappa shape index (κ1) is 16.1. The maximum atomic E-state index is 12.6. The predicted molar refractivity (Wildman–Crippen MR) is 97.9 cm³/mol. The normalized spacial score (nSPS) is 12.0. The molecule has 0 spiro atoms. The van der Waals surface area contributed by atoms with E-state index in [4.69, 9.17) is 10.5 Å². The van der Waals surface area contributed by atoms with Gasteiger partial charge in [-0.1, -0.05) is 55.5 Å². The van der Waals surface area contributed by atoms with Gasteiger partial charge >= 0.3 is 5.97 Å². The van der Waals surface area contributed by atoms with Gasteiger partial charge in [-0.25, -0.2) is 0 Å². The number of hydrogen-bond donors (Lipinski definition) is 1. The molecule has 3 aromatic rings. The molecule has 0 aliphatic carbocycles. The molecule has 0 heterocycles. The summed E-state index contributed by atoms with van der Waals surface area (Å²) < 4.78 is 5.71. The van der Waals surface area contributed by atoms with Crippen molar-refractivity contribution in [1.29, 1.82) is 0 Å². The molecule has 3 aromatic carbocycles. The Hall–Kier alpha value is -2.81. The molecule has 0 aromatic heterocycles. The molecule has 0 amide bonds. The number of anilines is 1. The summed E-state index contributed by atoms with van der Waals surface area (Å²) in [6.45, 7) is 2.01. The van der Waals surface area contributed by atoms with E-state index < -0.39 is 0 Å². The zero-order valence-corrected chi connectivity index (χ0v) is 13.7. The van der Waals surface area contributed by atoms with Crippen LogP contribution in [0.25, 0.3) is 10.8 Å². The Morgan fingerprint density at radius 3 is 2.46 bits per heavy atom. The first-order chi connectivity index (χ1) is 11.7. The Morgan fingerprint density at radius 1 is 1.00 bits per heavy atom. The highest BCUT2D eigenvalue weighted by Gasteiger charge is 2.20. The van der Waals surface area contributed by atoms with Crippen LogP contribution in [0.5, 0.6) is 5.75 Å². The zero-order chi connectivity index (χ0) is 16.9. The lowest BCUT2D eigenvalue weighted by Crippen LogP contribution is -2.22. The largest absolute Gasteiger partial charge is 0.426 e. The lowest BCUT2D eigenvalue weighted by molar-refractivity contribution is -0.138. The number of fused-ring (bicyclic) bond motifs is 1. The molecule has 0 fully saturated rings. The highest BCUT2D eigenvalue weighted by molar-refractivity contribution is 5.90. The number of carbonyl (C=O) groups is 1. The molecule has 0 aliphatic heterocycles. The first-order valence-corrected chi connectivity index (χ1v) is 8.21. The number of nitrogens with two attached hydrogens (primary N) is 1. The monoisotopic (exact) mass is 319 g/mol. The minimum atomic E-state index is -0.189. The average Bonchev–Trinajstić information content (AvgIpc) is 2.61.